The Hall–Kier alpha value is -3.23. The molecule has 9 heteroatoms. The molecule has 1 N–H and O–H groups in total. The van der Waals surface area contributed by atoms with Crippen molar-refractivity contribution in [1.82, 2.24) is 9.80 Å². The van der Waals surface area contributed by atoms with Crippen molar-refractivity contribution in [2.45, 2.75) is 18.9 Å². The Morgan fingerprint density at radius 3 is 1.93 bits per heavy atom. The van der Waals surface area contributed by atoms with Crippen LogP contribution in [0.2, 0.25) is 0 Å². The monoisotopic (exact) mass is 415 g/mol. The molecule has 0 saturated carbocycles. The smallest absolute Gasteiger partial charge is 0.321 e. The van der Waals surface area contributed by atoms with Crippen molar-refractivity contribution in [3.05, 3.63) is 24.3 Å². The minimum atomic E-state index is -0.321. The largest absolute Gasteiger partial charge is 0.493 e. The number of allylic oxidation sites excluding steroid dienone is 2. The fraction of sp³-hybridized carbons (Fsp3) is 0.476. The lowest BCUT2D eigenvalue weighted by Crippen LogP contribution is -2.63. The Kier molecular flexibility index (Phi) is 5.27. The number of likely N-dealkylation sites (tertiary alicyclic amines) is 2. The summed E-state index contributed by atoms with van der Waals surface area (Å²) in [6.45, 7) is 0.640. The van der Waals surface area contributed by atoms with Gasteiger partial charge in [-0.3, -0.25) is 14.5 Å². The maximum atomic E-state index is 12.7. The molecule has 2 aliphatic heterocycles. The third-order valence-electron chi connectivity index (χ3n) is 5.97. The Morgan fingerprint density at radius 2 is 1.47 bits per heavy atom. The van der Waals surface area contributed by atoms with E-state index in [-0.39, 0.29) is 35.7 Å². The molecule has 4 amide bonds. The van der Waals surface area contributed by atoms with Crippen molar-refractivity contribution in [2.24, 2.45) is 11.8 Å². The zero-order valence-electron chi connectivity index (χ0n) is 17.2. The number of hydrogen-bond acceptors (Lipinski definition) is 6. The van der Waals surface area contributed by atoms with E-state index in [9.17, 15) is 14.4 Å². The normalized spacial score (nSPS) is 23.2. The van der Waals surface area contributed by atoms with Crippen LogP contribution < -0.4 is 19.5 Å². The standard InChI is InChI=1S/C21H25N3O6/c1-28-16-8-12(9-17(29-2)18(16)30-3)22-21(27)23-10-13(11-23)24-19(25)14-6-4-5-7-15(14)20(24)26/h4-5,8-9,13-15H,6-7,10-11H2,1-3H3,(H,22,27). The summed E-state index contributed by atoms with van der Waals surface area (Å²) >= 11 is 0. The number of rotatable bonds is 5. The van der Waals surface area contributed by atoms with Crippen molar-refractivity contribution in [1.29, 1.82) is 0 Å². The molecule has 3 aliphatic rings. The molecule has 0 aromatic heterocycles. The quantitative estimate of drug-likeness (QED) is 0.583. The number of urea groups is 1. The predicted octanol–water partition coefficient (Wildman–Crippen LogP) is 1.88. The van der Waals surface area contributed by atoms with Gasteiger partial charge in [-0.2, -0.15) is 0 Å². The van der Waals surface area contributed by atoms with Crippen LogP contribution in [0.25, 0.3) is 0 Å². The first kappa shape index (κ1) is 20.1. The third kappa shape index (κ3) is 3.24. The maximum Gasteiger partial charge on any atom is 0.321 e. The molecule has 4 rings (SSSR count). The number of benzene rings is 1. The van der Waals surface area contributed by atoms with Gasteiger partial charge in [0.2, 0.25) is 17.6 Å². The molecule has 1 aliphatic carbocycles. The van der Waals surface area contributed by atoms with E-state index >= 15 is 0 Å². The number of nitrogens with zero attached hydrogens (tertiary/aromatic N) is 2. The minimum Gasteiger partial charge on any atom is -0.493 e. The summed E-state index contributed by atoms with van der Waals surface area (Å²) in [6.07, 6.45) is 5.16. The first-order chi connectivity index (χ1) is 14.5. The lowest BCUT2D eigenvalue weighted by atomic mass is 9.85. The number of methoxy groups -OCH3 is 3. The number of imide groups is 1. The molecule has 0 radical (unpaired) electrons. The molecule has 1 aromatic rings. The van der Waals surface area contributed by atoms with Crippen LogP contribution in [0.5, 0.6) is 17.2 Å². The number of hydrogen-bond donors (Lipinski definition) is 1. The number of carbonyl (C=O) groups is 3. The Balaban J connectivity index is 1.39. The van der Waals surface area contributed by atoms with Gasteiger partial charge in [0.05, 0.1) is 44.9 Å². The molecule has 0 bridgehead atoms. The van der Waals surface area contributed by atoms with Crippen LogP contribution in [0.15, 0.2) is 24.3 Å². The molecule has 2 saturated heterocycles. The van der Waals surface area contributed by atoms with Gasteiger partial charge in [0.15, 0.2) is 11.5 Å². The van der Waals surface area contributed by atoms with Crippen LogP contribution in [0.4, 0.5) is 10.5 Å². The van der Waals surface area contributed by atoms with E-state index in [4.69, 9.17) is 14.2 Å². The van der Waals surface area contributed by atoms with Gasteiger partial charge < -0.3 is 24.4 Å². The summed E-state index contributed by atoms with van der Waals surface area (Å²) in [6, 6.07) is 2.70. The summed E-state index contributed by atoms with van der Waals surface area (Å²) < 4.78 is 15.9. The summed E-state index contributed by atoms with van der Waals surface area (Å²) in [5, 5.41) is 2.80. The Bertz CT molecular complexity index is 857. The van der Waals surface area contributed by atoms with Crippen LogP contribution in [-0.2, 0) is 9.59 Å². The fourth-order valence-electron chi connectivity index (χ4n) is 4.33. The van der Waals surface area contributed by atoms with E-state index in [0.717, 1.165) is 0 Å². The number of anilines is 1. The first-order valence-electron chi connectivity index (χ1n) is 9.86. The predicted molar refractivity (Wildman–Crippen MR) is 108 cm³/mol. The fourth-order valence-corrected chi connectivity index (χ4v) is 4.33. The number of amides is 4. The highest BCUT2D eigenvalue weighted by molar-refractivity contribution is 6.06. The molecule has 9 nitrogen and oxygen atoms in total. The van der Waals surface area contributed by atoms with Crippen molar-refractivity contribution in [2.75, 3.05) is 39.7 Å². The number of ether oxygens (including phenoxy) is 3. The van der Waals surface area contributed by atoms with Crippen LogP contribution in [0, 0.1) is 11.8 Å². The highest BCUT2D eigenvalue weighted by Crippen LogP contribution is 2.40. The highest BCUT2D eigenvalue weighted by Gasteiger charge is 2.52. The maximum absolute atomic E-state index is 12.7. The van der Waals surface area contributed by atoms with Crippen LogP contribution in [0.3, 0.4) is 0 Å². The average Bonchev–Trinajstić information content (AvgIpc) is 2.97. The molecular formula is C21H25N3O6. The SMILES string of the molecule is COc1cc(NC(=O)N2CC(N3C(=O)C4CC=CCC4C3=O)C2)cc(OC)c1OC. The molecule has 1 aromatic carbocycles. The zero-order valence-corrected chi connectivity index (χ0v) is 17.2. The van der Waals surface area contributed by atoms with Gasteiger partial charge >= 0.3 is 6.03 Å². The van der Waals surface area contributed by atoms with E-state index < -0.39 is 0 Å². The summed E-state index contributed by atoms with van der Waals surface area (Å²) in [5.74, 6) is 0.586. The molecule has 30 heavy (non-hydrogen) atoms. The second kappa shape index (κ2) is 7.89. The zero-order chi connectivity index (χ0) is 21.4. The number of carbonyl (C=O) groups excluding carboxylic acids is 3. The molecule has 160 valence electrons. The van der Waals surface area contributed by atoms with Gasteiger partial charge in [-0.05, 0) is 12.8 Å². The van der Waals surface area contributed by atoms with Crippen molar-refractivity contribution >= 4 is 23.5 Å². The highest BCUT2D eigenvalue weighted by atomic mass is 16.5. The van der Waals surface area contributed by atoms with Crippen LogP contribution >= 0.6 is 0 Å². The second-order valence-corrected chi connectivity index (χ2v) is 7.61. The lowest BCUT2D eigenvalue weighted by Gasteiger charge is -2.43. The second-order valence-electron chi connectivity index (χ2n) is 7.61. The van der Waals surface area contributed by atoms with Crippen molar-refractivity contribution < 1.29 is 28.6 Å². The molecular weight excluding hydrogens is 390 g/mol. The van der Waals surface area contributed by atoms with E-state index in [0.29, 0.717) is 48.9 Å². The third-order valence-corrected chi connectivity index (χ3v) is 5.97. The summed E-state index contributed by atoms with van der Waals surface area (Å²) in [7, 11) is 4.51. The summed E-state index contributed by atoms with van der Waals surface area (Å²) in [4.78, 5) is 40.9. The Morgan fingerprint density at radius 1 is 0.933 bits per heavy atom. The van der Waals surface area contributed by atoms with Gasteiger partial charge in [-0.25, -0.2) is 4.79 Å². The Labute approximate surface area is 174 Å². The van der Waals surface area contributed by atoms with E-state index in [1.54, 1.807) is 17.0 Å². The van der Waals surface area contributed by atoms with Crippen molar-refractivity contribution in [3.63, 3.8) is 0 Å². The van der Waals surface area contributed by atoms with Crippen molar-refractivity contribution in [3.8, 4) is 17.2 Å². The average molecular weight is 415 g/mol. The van der Waals surface area contributed by atoms with Gasteiger partial charge in [0, 0.05) is 25.2 Å². The van der Waals surface area contributed by atoms with E-state index in [1.807, 2.05) is 12.2 Å². The number of nitrogens with one attached hydrogen (secondary N) is 1. The van der Waals surface area contributed by atoms with Crippen LogP contribution in [0.1, 0.15) is 12.8 Å². The lowest BCUT2D eigenvalue weighted by molar-refractivity contribution is -0.145. The molecule has 2 unspecified atom stereocenters. The van der Waals surface area contributed by atoms with E-state index in [2.05, 4.69) is 5.32 Å². The van der Waals surface area contributed by atoms with Gasteiger partial charge in [-0.15, -0.1) is 0 Å². The van der Waals surface area contributed by atoms with Gasteiger partial charge in [-0.1, -0.05) is 12.2 Å². The molecule has 2 fully saturated rings. The molecule has 2 heterocycles. The molecule has 0 spiro atoms. The first-order valence-corrected chi connectivity index (χ1v) is 9.86. The van der Waals surface area contributed by atoms with Gasteiger partial charge in [0.25, 0.3) is 0 Å². The van der Waals surface area contributed by atoms with Gasteiger partial charge in [0.1, 0.15) is 0 Å². The van der Waals surface area contributed by atoms with E-state index in [1.165, 1.54) is 26.2 Å². The molecule has 2 atom stereocenters. The minimum absolute atomic E-state index is 0.107. The van der Waals surface area contributed by atoms with Crippen LogP contribution in [-0.4, -0.2) is 68.1 Å². The number of fused-ring (bicyclic) bond motifs is 1. The summed E-state index contributed by atoms with van der Waals surface area (Å²) in [5.41, 5.74) is 0.489. The topological polar surface area (TPSA) is 97.4 Å².